The molecular formula is C13H19NO3. The van der Waals surface area contributed by atoms with Gasteiger partial charge in [0, 0.05) is 19.2 Å². The van der Waals surface area contributed by atoms with Gasteiger partial charge in [0.1, 0.15) is 12.4 Å². The average Bonchev–Trinajstić information content (AvgIpc) is 2.37. The molecule has 0 unspecified atom stereocenters. The molecule has 0 saturated carbocycles. The number of carbonyl (C=O) groups is 1. The van der Waals surface area contributed by atoms with Gasteiger partial charge >= 0.3 is 0 Å². The van der Waals surface area contributed by atoms with Crippen LogP contribution in [-0.4, -0.2) is 32.8 Å². The van der Waals surface area contributed by atoms with Gasteiger partial charge < -0.3 is 14.8 Å². The van der Waals surface area contributed by atoms with E-state index in [0.29, 0.717) is 25.3 Å². The van der Waals surface area contributed by atoms with E-state index in [1.54, 1.807) is 31.4 Å². The number of hydrogen-bond donors (Lipinski definition) is 1. The summed E-state index contributed by atoms with van der Waals surface area (Å²) in [5.74, 6) is 0.699. The van der Waals surface area contributed by atoms with Gasteiger partial charge in [-0.1, -0.05) is 6.92 Å². The maximum absolute atomic E-state index is 11.6. The third-order valence-electron chi connectivity index (χ3n) is 2.21. The molecule has 1 amide bonds. The predicted molar refractivity (Wildman–Crippen MR) is 66.4 cm³/mol. The van der Waals surface area contributed by atoms with Crippen molar-refractivity contribution in [2.45, 2.75) is 13.3 Å². The molecule has 4 nitrogen and oxygen atoms in total. The Kier molecular flexibility index (Phi) is 6.10. The quantitative estimate of drug-likeness (QED) is 0.736. The number of carbonyl (C=O) groups excluding carboxylic acids is 1. The molecule has 0 spiro atoms. The van der Waals surface area contributed by atoms with Crippen molar-refractivity contribution < 1.29 is 14.3 Å². The molecule has 0 saturated heterocycles. The molecule has 0 heterocycles. The van der Waals surface area contributed by atoms with Crippen molar-refractivity contribution in [1.82, 2.24) is 5.32 Å². The van der Waals surface area contributed by atoms with Crippen molar-refractivity contribution in [1.29, 1.82) is 0 Å². The van der Waals surface area contributed by atoms with Crippen LogP contribution in [0.3, 0.4) is 0 Å². The van der Waals surface area contributed by atoms with Gasteiger partial charge in [0.15, 0.2) is 0 Å². The third kappa shape index (κ3) is 4.87. The van der Waals surface area contributed by atoms with E-state index in [2.05, 4.69) is 5.32 Å². The molecule has 0 aromatic heterocycles. The number of amides is 1. The van der Waals surface area contributed by atoms with Crippen molar-refractivity contribution in [2.75, 3.05) is 26.9 Å². The highest BCUT2D eigenvalue weighted by Gasteiger charge is 2.03. The number of hydrogen-bond acceptors (Lipinski definition) is 3. The zero-order valence-corrected chi connectivity index (χ0v) is 10.4. The highest BCUT2D eigenvalue weighted by molar-refractivity contribution is 5.94. The maximum Gasteiger partial charge on any atom is 0.251 e. The lowest BCUT2D eigenvalue weighted by Crippen LogP contribution is -2.23. The van der Waals surface area contributed by atoms with Gasteiger partial charge in [-0.3, -0.25) is 4.79 Å². The molecular weight excluding hydrogens is 218 g/mol. The molecule has 0 aliphatic heterocycles. The van der Waals surface area contributed by atoms with Gasteiger partial charge in [0.2, 0.25) is 0 Å². The Hall–Kier alpha value is -1.55. The second-order valence-electron chi connectivity index (χ2n) is 3.62. The Labute approximate surface area is 102 Å². The van der Waals surface area contributed by atoms with Crippen LogP contribution in [0.25, 0.3) is 0 Å². The summed E-state index contributed by atoms with van der Waals surface area (Å²) in [6.45, 7) is 3.79. The zero-order chi connectivity index (χ0) is 12.5. The van der Waals surface area contributed by atoms with Crippen LogP contribution in [0, 0.1) is 0 Å². The number of rotatable bonds is 7. The van der Waals surface area contributed by atoms with Crippen molar-refractivity contribution in [3.8, 4) is 5.75 Å². The van der Waals surface area contributed by atoms with E-state index < -0.39 is 0 Å². The Morgan fingerprint density at radius 1 is 1.24 bits per heavy atom. The van der Waals surface area contributed by atoms with Crippen LogP contribution >= 0.6 is 0 Å². The van der Waals surface area contributed by atoms with Gasteiger partial charge in [-0.05, 0) is 30.7 Å². The van der Waals surface area contributed by atoms with Gasteiger partial charge in [0.05, 0.1) is 6.61 Å². The molecule has 1 aromatic carbocycles. The van der Waals surface area contributed by atoms with Gasteiger partial charge in [-0.25, -0.2) is 0 Å². The van der Waals surface area contributed by atoms with Crippen molar-refractivity contribution in [3.63, 3.8) is 0 Å². The topological polar surface area (TPSA) is 47.6 Å². The fraction of sp³-hybridized carbons (Fsp3) is 0.462. The predicted octanol–water partition coefficient (Wildman–Crippen LogP) is 1.85. The Balaban J connectivity index is 2.46. The normalized spacial score (nSPS) is 10.0. The smallest absolute Gasteiger partial charge is 0.251 e. The first kappa shape index (κ1) is 13.5. The van der Waals surface area contributed by atoms with Crippen LogP contribution in [0.15, 0.2) is 24.3 Å². The van der Waals surface area contributed by atoms with Gasteiger partial charge in [-0.15, -0.1) is 0 Å². The fourth-order valence-corrected chi connectivity index (χ4v) is 1.29. The molecule has 0 aliphatic rings. The molecule has 0 atom stereocenters. The van der Waals surface area contributed by atoms with Crippen molar-refractivity contribution in [2.24, 2.45) is 0 Å². The van der Waals surface area contributed by atoms with Gasteiger partial charge in [-0.2, -0.15) is 0 Å². The van der Waals surface area contributed by atoms with Crippen LogP contribution in [0.5, 0.6) is 5.75 Å². The lowest BCUT2D eigenvalue weighted by molar-refractivity contribution is 0.0953. The molecule has 0 radical (unpaired) electrons. The van der Waals surface area contributed by atoms with Crippen LogP contribution in [-0.2, 0) is 4.74 Å². The van der Waals surface area contributed by atoms with Crippen molar-refractivity contribution >= 4 is 5.91 Å². The van der Waals surface area contributed by atoms with E-state index in [9.17, 15) is 4.79 Å². The molecule has 94 valence electrons. The van der Waals surface area contributed by atoms with E-state index in [1.807, 2.05) is 6.92 Å². The molecule has 0 aliphatic carbocycles. The summed E-state index contributed by atoms with van der Waals surface area (Å²) in [7, 11) is 1.63. The first-order chi connectivity index (χ1) is 8.27. The molecule has 4 heteroatoms. The summed E-state index contributed by atoms with van der Waals surface area (Å²) in [4.78, 5) is 11.6. The zero-order valence-electron chi connectivity index (χ0n) is 10.4. The summed E-state index contributed by atoms with van der Waals surface area (Å²) in [5, 5.41) is 2.82. The molecule has 0 fully saturated rings. The minimum absolute atomic E-state index is 0.0460. The molecule has 1 N–H and O–H groups in total. The summed E-state index contributed by atoms with van der Waals surface area (Å²) in [5.41, 5.74) is 0.651. The third-order valence-corrected chi connectivity index (χ3v) is 2.21. The van der Waals surface area contributed by atoms with Crippen LogP contribution in [0.4, 0.5) is 0 Å². The van der Waals surface area contributed by atoms with Gasteiger partial charge in [0.25, 0.3) is 5.91 Å². The second-order valence-corrected chi connectivity index (χ2v) is 3.62. The van der Waals surface area contributed by atoms with Crippen LogP contribution in [0.2, 0.25) is 0 Å². The Morgan fingerprint density at radius 3 is 2.53 bits per heavy atom. The largest absolute Gasteiger partial charge is 0.491 e. The molecule has 1 aromatic rings. The number of benzene rings is 1. The lowest BCUT2D eigenvalue weighted by atomic mass is 10.2. The van der Waals surface area contributed by atoms with E-state index in [-0.39, 0.29) is 5.91 Å². The number of ether oxygens (including phenoxy) is 2. The minimum atomic E-state index is -0.0460. The standard InChI is InChI=1S/C13H19NO3/c1-3-8-14-13(15)11-4-6-12(7-5-11)17-10-9-16-2/h4-7H,3,8-10H2,1-2H3,(H,14,15). The Morgan fingerprint density at radius 2 is 1.94 bits per heavy atom. The van der Waals surface area contributed by atoms with E-state index >= 15 is 0 Å². The Bertz CT molecular complexity index is 335. The molecule has 1 rings (SSSR count). The maximum atomic E-state index is 11.6. The minimum Gasteiger partial charge on any atom is -0.491 e. The highest BCUT2D eigenvalue weighted by atomic mass is 16.5. The number of methoxy groups -OCH3 is 1. The summed E-state index contributed by atoms with van der Waals surface area (Å²) in [6.07, 6.45) is 0.934. The second kappa shape index (κ2) is 7.68. The molecule has 0 bridgehead atoms. The summed E-state index contributed by atoms with van der Waals surface area (Å²) in [6, 6.07) is 7.09. The van der Waals surface area contributed by atoms with E-state index in [1.165, 1.54) is 0 Å². The lowest BCUT2D eigenvalue weighted by Gasteiger charge is -2.07. The summed E-state index contributed by atoms with van der Waals surface area (Å²) >= 11 is 0. The first-order valence-corrected chi connectivity index (χ1v) is 5.78. The van der Waals surface area contributed by atoms with E-state index in [0.717, 1.165) is 12.2 Å². The van der Waals surface area contributed by atoms with Crippen LogP contribution < -0.4 is 10.1 Å². The fourth-order valence-electron chi connectivity index (χ4n) is 1.29. The van der Waals surface area contributed by atoms with E-state index in [4.69, 9.17) is 9.47 Å². The monoisotopic (exact) mass is 237 g/mol. The average molecular weight is 237 g/mol. The number of nitrogens with one attached hydrogen (secondary N) is 1. The SMILES string of the molecule is CCCNC(=O)c1ccc(OCCOC)cc1. The van der Waals surface area contributed by atoms with Crippen LogP contribution in [0.1, 0.15) is 23.7 Å². The highest BCUT2D eigenvalue weighted by Crippen LogP contribution is 2.11. The van der Waals surface area contributed by atoms with Crippen molar-refractivity contribution in [3.05, 3.63) is 29.8 Å². The molecule has 17 heavy (non-hydrogen) atoms. The first-order valence-electron chi connectivity index (χ1n) is 5.78. The summed E-state index contributed by atoms with van der Waals surface area (Å²) < 4.78 is 10.3.